The van der Waals surface area contributed by atoms with Crippen LogP contribution in [0.2, 0.25) is 0 Å². The molecule has 6 heteroatoms. The second-order valence-electron chi connectivity index (χ2n) is 18.9. The first-order chi connectivity index (χ1) is 30.5. The molecular weight excluding hydrogens is 767 g/mol. The molecule has 0 aliphatic carbocycles. The van der Waals surface area contributed by atoms with Crippen molar-refractivity contribution in [2.45, 2.75) is 309 Å². The van der Waals surface area contributed by atoms with Gasteiger partial charge in [0.15, 0.2) is 0 Å². The summed E-state index contributed by atoms with van der Waals surface area (Å²) in [4.78, 5) is 24.4. The van der Waals surface area contributed by atoms with E-state index in [2.05, 4.69) is 31.3 Å². The summed E-state index contributed by atoms with van der Waals surface area (Å²) in [6.45, 7) is 4.86. The average molecular weight is 874 g/mol. The maximum absolute atomic E-state index is 12.4. The standard InChI is InChI=1S/C56H107NO5/c1-3-5-7-9-11-13-15-16-25-29-32-36-40-44-48-54(59)53(52-58)57-55(60)49-45-41-37-33-30-26-23-21-19-17-18-20-22-24-27-31-35-39-43-47-51-62-56(61)50-46-42-38-34-28-14-12-10-8-6-4-2/h10,12,44,48,53-54,58-59H,3-9,11,13-43,45-47,49-52H2,1-2H3,(H,57,60)/b12-10-,48-44+. The fourth-order valence-corrected chi connectivity index (χ4v) is 8.44. The Morgan fingerprint density at radius 2 is 0.774 bits per heavy atom. The third-order valence-corrected chi connectivity index (χ3v) is 12.7. The van der Waals surface area contributed by atoms with E-state index in [9.17, 15) is 19.8 Å². The van der Waals surface area contributed by atoms with Crippen LogP contribution >= 0.6 is 0 Å². The van der Waals surface area contributed by atoms with Gasteiger partial charge in [-0.3, -0.25) is 9.59 Å². The lowest BCUT2D eigenvalue weighted by Gasteiger charge is -2.20. The van der Waals surface area contributed by atoms with Gasteiger partial charge in [-0.1, -0.05) is 256 Å². The predicted molar refractivity (Wildman–Crippen MR) is 269 cm³/mol. The van der Waals surface area contributed by atoms with Crippen LogP contribution in [0.15, 0.2) is 24.3 Å². The number of nitrogens with one attached hydrogen (secondary N) is 1. The van der Waals surface area contributed by atoms with Gasteiger partial charge in [0.25, 0.3) is 0 Å². The summed E-state index contributed by atoms with van der Waals surface area (Å²) in [6.07, 6.45) is 61.9. The van der Waals surface area contributed by atoms with Crippen LogP contribution in [-0.2, 0) is 14.3 Å². The highest BCUT2D eigenvalue weighted by atomic mass is 16.5. The number of unbranched alkanes of at least 4 members (excludes halogenated alkanes) is 38. The summed E-state index contributed by atoms with van der Waals surface area (Å²) in [6, 6.07) is -0.628. The maximum Gasteiger partial charge on any atom is 0.305 e. The van der Waals surface area contributed by atoms with E-state index in [-0.39, 0.29) is 18.5 Å². The van der Waals surface area contributed by atoms with Crippen molar-refractivity contribution in [1.29, 1.82) is 0 Å². The Kier molecular flexibility index (Phi) is 50.6. The van der Waals surface area contributed by atoms with Gasteiger partial charge in [0.1, 0.15) is 0 Å². The van der Waals surface area contributed by atoms with Gasteiger partial charge in [-0.15, -0.1) is 0 Å². The number of hydrogen-bond acceptors (Lipinski definition) is 5. The van der Waals surface area contributed by atoms with E-state index in [1.165, 1.54) is 225 Å². The number of esters is 1. The first-order valence-corrected chi connectivity index (χ1v) is 27.6. The van der Waals surface area contributed by atoms with Gasteiger partial charge >= 0.3 is 5.97 Å². The quantitative estimate of drug-likeness (QED) is 0.0321. The van der Waals surface area contributed by atoms with Gasteiger partial charge in [-0.2, -0.15) is 0 Å². The Labute approximate surface area is 386 Å². The lowest BCUT2D eigenvalue weighted by molar-refractivity contribution is -0.143. The lowest BCUT2D eigenvalue weighted by Crippen LogP contribution is -2.45. The number of carbonyl (C=O) groups excluding carboxylic acids is 2. The van der Waals surface area contributed by atoms with E-state index in [1.54, 1.807) is 6.08 Å². The number of aliphatic hydroxyl groups is 2. The molecular formula is C56H107NO5. The Morgan fingerprint density at radius 1 is 0.435 bits per heavy atom. The number of rotatable bonds is 51. The highest BCUT2D eigenvalue weighted by Crippen LogP contribution is 2.17. The maximum atomic E-state index is 12.4. The molecule has 0 aromatic heterocycles. The first kappa shape index (κ1) is 60.3. The predicted octanol–water partition coefficient (Wildman–Crippen LogP) is 16.7. The normalized spacial score (nSPS) is 12.8. The number of aliphatic hydroxyl groups excluding tert-OH is 2. The fourth-order valence-electron chi connectivity index (χ4n) is 8.44. The second kappa shape index (κ2) is 52.0. The molecule has 366 valence electrons. The van der Waals surface area contributed by atoms with Crippen LogP contribution in [0.1, 0.15) is 296 Å². The monoisotopic (exact) mass is 874 g/mol. The van der Waals surface area contributed by atoms with E-state index < -0.39 is 12.1 Å². The smallest absolute Gasteiger partial charge is 0.305 e. The van der Waals surface area contributed by atoms with Crippen LogP contribution < -0.4 is 5.32 Å². The van der Waals surface area contributed by atoms with Gasteiger partial charge in [-0.25, -0.2) is 0 Å². The SMILES string of the molecule is CCCC/C=C\CCCCCCCC(=O)OCCCCCCCCCCCCCCCCCCCCCCC(=O)NC(CO)C(O)/C=C/CCCCCCCCCCCCCC. The summed E-state index contributed by atoms with van der Waals surface area (Å²) in [5.41, 5.74) is 0. The topological polar surface area (TPSA) is 95.9 Å². The van der Waals surface area contributed by atoms with Crippen LogP contribution in [0.25, 0.3) is 0 Å². The van der Waals surface area contributed by atoms with Crippen molar-refractivity contribution in [3.63, 3.8) is 0 Å². The highest BCUT2D eigenvalue weighted by molar-refractivity contribution is 5.76. The van der Waals surface area contributed by atoms with Crippen molar-refractivity contribution >= 4 is 11.9 Å². The number of carbonyl (C=O) groups is 2. The van der Waals surface area contributed by atoms with Crippen LogP contribution in [0.4, 0.5) is 0 Å². The van der Waals surface area contributed by atoms with Crippen LogP contribution in [0, 0.1) is 0 Å². The summed E-state index contributed by atoms with van der Waals surface area (Å²) in [5, 5.41) is 23.1. The van der Waals surface area contributed by atoms with Crippen molar-refractivity contribution < 1.29 is 24.5 Å². The Morgan fingerprint density at radius 3 is 1.19 bits per heavy atom. The summed E-state index contributed by atoms with van der Waals surface area (Å²) < 4.78 is 5.45. The fraction of sp³-hybridized carbons (Fsp3) is 0.893. The van der Waals surface area contributed by atoms with Gasteiger partial charge in [-0.05, 0) is 51.4 Å². The minimum atomic E-state index is -0.845. The number of hydrogen-bond donors (Lipinski definition) is 3. The number of ether oxygens (including phenoxy) is 1. The van der Waals surface area contributed by atoms with Crippen molar-refractivity contribution in [3.05, 3.63) is 24.3 Å². The largest absolute Gasteiger partial charge is 0.466 e. The lowest BCUT2D eigenvalue weighted by atomic mass is 10.0. The number of amides is 1. The van der Waals surface area contributed by atoms with Crippen molar-refractivity contribution in [3.8, 4) is 0 Å². The van der Waals surface area contributed by atoms with E-state index >= 15 is 0 Å². The zero-order valence-corrected chi connectivity index (χ0v) is 41.6. The molecule has 0 spiro atoms. The van der Waals surface area contributed by atoms with E-state index in [0.29, 0.717) is 19.4 Å². The molecule has 0 rings (SSSR count). The third-order valence-electron chi connectivity index (χ3n) is 12.7. The second-order valence-corrected chi connectivity index (χ2v) is 18.9. The summed E-state index contributed by atoms with van der Waals surface area (Å²) >= 11 is 0. The van der Waals surface area contributed by atoms with Gasteiger partial charge in [0.05, 0.1) is 25.4 Å². The zero-order valence-electron chi connectivity index (χ0n) is 41.6. The molecule has 1 amide bonds. The molecule has 0 saturated heterocycles. The van der Waals surface area contributed by atoms with Crippen LogP contribution in [-0.4, -0.2) is 47.4 Å². The van der Waals surface area contributed by atoms with Gasteiger partial charge in [0.2, 0.25) is 5.91 Å². The molecule has 0 radical (unpaired) electrons. The van der Waals surface area contributed by atoms with Gasteiger partial charge in [0, 0.05) is 12.8 Å². The highest BCUT2D eigenvalue weighted by Gasteiger charge is 2.18. The van der Waals surface area contributed by atoms with E-state index in [0.717, 1.165) is 44.9 Å². The first-order valence-electron chi connectivity index (χ1n) is 27.6. The Balaban J connectivity index is 3.42. The molecule has 0 fully saturated rings. The molecule has 0 aromatic rings. The molecule has 0 aliphatic heterocycles. The molecule has 3 N–H and O–H groups in total. The summed E-state index contributed by atoms with van der Waals surface area (Å²) in [5.74, 6) is -0.0708. The minimum absolute atomic E-state index is 0.00134. The van der Waals surface area contributed by atoms with E-state index in [1.807, 2.05) is 6.08 Å². The van der Waals surface area contributed by atoms with Crippen LogP contribution in [0.5, 0.6) is 0 Å². The molecule has 0 bridgehead atoms. The molecule has 62 heavy (non-hydrogen) atoms. The Bertz CT molecular complexity index is 966. The van der Waals surface area contributed by atoms with Crippen molar-refractivity contribution in [1.82, 2.24) is 5.32 Å². The van der Waals surface area contributed by atoms with E-state index in [4.69, 9.17) is 4.74 Å². The molecule has 2 unspecified atom stereocenters. The Hall–Kier alpha value is -1.66. The van der Waals surface area contributed by atoms with Crippen molar-refractivity contribution in [2.75, 3.05) is 13.2 Å². The van der Waals surface area contributed by atoms with Gasteiger partial charge < -0.3 is 20.3 Å². The number of allylic oxidation sites excluding steroid dienone is 3. The van der Waals surface area contributed by atoms with Crippen LogP contribution in [0.3, 0.4) is 0 Å². The van der Waals surface area contributed by atoms with Crippen molar-refractivity contribution in [2.24, 2.45) is 0 Å². The average Bonchev–Trinajstić information content (AvgIpc) is 3.27. The molecule has 0 aliphatic rings. The third kappa shape index (κ3) is 47.8. The molecule has 0 heterocycles. The minimum Gasteiger partial charge on any atom is -0.466 e. The molecule has 0 saturated carbocycles. The molecule has 6 nitrogen and oxygen atoms in total. The molecule has 0 aromatic carbocycles. The zero-order chi connectivity index (χ0) is 45.1. The molecule has 2 atom stereocenters. The summed E-state index contributed by atoms with van der Waals surface area (Å²) in [7, 11) is 0.